The van der Waals surface area contributed by atoms with Crippen LogP contribution >= 0.6 is 7.94 Å². The van der Waals surface area contributed by atoms with Crippen LogP contribution in [-0.4, -0.2) is 49.1 Å². The van der Waals surface area contributed by atoms with E-state index >= 15 is 0 Å². The molecule has 26 heavy (non-hydrogen) atoms. The summed E-state index contributed by atoms with van der Waals surface area (Å²) in [4.78, 5) is 45.3. The number of alkyl halides is 2. The quantitative estimate of drug-likeness (QED) is 0.318. The van der Waals surface area contributed by atoms with Crippen LogP contribution in [0.5, 0.6) is 5.88 Å². The van der Waals surface area contributed by atoms with E-state index in [-0.39, 0.29) is 64.7 Å². The van der Waals surface area contributed by atoms with Crippen molar-refractivity contribution < 1.29 is 103 Å². The molecule has 0 spiro atoms. The molecule has 3 N–H and O–H groups in total. The molecule has 10 nitrogen and oxygen atoms in total. The Bertz CT molecular complexity index is 689. The van der Waals surface area contributed by atoms with E-state index < -0.39 is 56.1 Å². The molecular weight excluding hydrogens is 403 g/mol. The van der Waals surface area contributed by atoms with Crippen molar-refractivity contribution in [1.82, 2.24) is 9.55 Å². The molecule has 0 aromatic carbocycles. The number of aliphatic hydroxyl groups is 2. The Hall–Kier alpha value is 0.730. The van der Waals surface area contributed by atoms with Crippen LogP contribution in [0.15, 0.2) is 11.0 Å². The summed E-state index contributed by atoms with van der Waals surface area (Å²) in [7, 11) is -6.24. The number of ether oxygens (including phenoxy) is 1. The van der Waals surface area contributed by atoms with Crippen molar-refractivity contribution in [3.05, 3.63) is 22.2 Å². The molecule has 136 valence electrons. The molecule has 1 aromatic heterocycles. The van der Waals surface area contributed by atoms with Gasteiger partial charge in [-0.25, -0.2) is 9.78 Å². The molecular formula is C11H13F2N2Na2O8P. The fraction of sp³-hybridized carbons (Fsp3) is 0.636. The summed E-state index contributed by atoms with van der Waals surface area (Å²) in [5, 5.41) is 30.4. The minimum absolute atomic E-state index is 0. The van der Waals surface area contributed by atoms with Crippen molar-refractivity contribution in [2.24, 2.45) is 5.92 Å². The second kappa shape index (κ2) is 9.49. The third kappa shape index (κ3) is 4.82. The fourth-order valence-electron chi connectivity index (χ4n) is 2.48. The largest absolute Gasteiger partial charge is 1.00 e. The average molecular weight is 416 g/mol. The van der Waals surface area contributed by atoms with Gasteiger partial charge >= 0.3 is 70.5 Å². The van der Waals surface area contributed by atoms with E-state index in [1.807, 2.05) is 0 Å². The normalized spacial score (nSPS) is 26.2. The molecule has 0 unspecified atom stereocenters. The first-order valence-electron chi connectivity index (χ1n) is 6.54. The smallest absolute Gasteiger partial charge is 0.858 e. The van der Waals surface area contributed by atoms with Gasteiger partial charge in [0.1, 0.15) is 20.0 Å². The van der Waals surface area contributed by atoms with Crippen molar-refractivity contribution in [2.45, 2.75) is 31.0 Å². The van der Waals surface area contributed by atoms with Crippen molar-refractivity contribution in [3.8, 4) is 5.88 Å². The first kappa shape index (κ1) is 26.7. The average Bonchev–Trinajstić information content (AvgIpc) is 2.79. The zero-order valence-corrected chi connectivity index (χ0v) is 19.0. The standard InChI is InChI=1S/C11H15F2N2O8P.2Na/c1-4-2-15(10(19)14-8(4)18)9-7(17)6(5(3-16)23-9)11(12,13)24(20,21)22;;/h2,5-7,9,16-17H,3H2,1H3,(H,14,18,19)(H2,20,21,22);;/q;2*+1/p-2/t5-,6-,7-,9-;;/m1../s1. The Morgan fingerprint density at radius 2 is 1.96 bits per heavy atom. The summed E-state index contributed by atoms with van der Waals surface area (Å²) in [5.41, 5.74) is -6.10. The zero-order chi connectivity index (χ0) is 18.4. The van der Waals surface area contributed by atoms with E-state index in [2.05, 4.69) is 4.98 Å². The summed E-state index contributed by atoms with van der Waals surface area (Å²) in [6, 6.07) is 0. The van der Waals surface area contributed by atoms with Gasteiger partial charge in [-0.05, 0) is 18.4 Å². The van der Waals surface area contributed by atoms with E-state index in [1.165, 1.54) is 6.92 Å². The van der Waals surface area contributed by atoms with Gasteiger partial charge in [-0.1, -0.05) is 0 Å². The van der Waals surface area contributed by atoms with Gasteiger partial charge in [0.05, 0.1) is 12.7 Å². The van der Waals surface area contributed by atoms with Crippen molar-refractivity contribution in [3.63, 3.8) is 0 Å². The molecule has 1 aromatic rings. The van der Waals surface area contributed by atoms with Crippen LogP contribution in [0.25, 0.3) is 0 Å². The van der Waals surface area contributed by atoms with Crippen LogP contribution < -0.4 is 79.7 Å². The van der Waals surface area contributed by atoms with E-state index in [0.717, 1.165) is 6.20 Å². The van der Waals surface area contributed by atoms with E-state index in [0.29, 0.717) is 4.57 Å². The molecule has 0 amide bonds. The number of hydrogen-bond donors (Lipinski definition) is 3. The molecule has 4 atom stereocenters. The van der Waals surface area contributed by atoms with Crippen molar-refractivity contribution in [1.29, 1.82) is 0 Å². The third-order valence-corrected chi connectivity index (χ3v) is 4.75. The van der Waals surface area contributed by atoms with Crippen LogP contribution in [0, 0.1) is 12.8 Å². The van der Waals surface area contributed by atoms with Crippen LogP contribution in [0.3, 0.4) is 0 Å². The maximum Gasteiger partial charge on any atom is 1.00 e. The second-order valence-corrected chi connectivity index (χ2v) is 6.93. The van der Waals surface area contributed by atoms with Gasteiger partial charge in [-0.3, -0.25) is 9.46 Å². The number of aryl methyl sites for hydroxylation is 1. The number of aliphatic hydroxyl groups excluding tert-OH is 2. The van der Waals surface area contributed by atoms with Crippen molar-refractivity contribution in [2.75, 3.05) is 6.61 Å². The Morgan fingerprint density at radius 3 is 2.42 bits per heavy atom. The number of aromatic nitrogens is 2. The van der Waals surface area contributed by atoms with Crippen molar-refractivity contribution >= 4 is 7.94 Å². The Balaban J connectivity index is 0.00000312. The van der Waals surface area contributed by atoms with Gasteiger partial charge in [0.15, 0.2) is 6.23 Å². The van der Waals surface area contributed by atoms with Gasteiger partial charge in [0.25, 0.3) is 0 Å². The zero-order valence-electron chi connectivity index (χ0n) is 14.1. The first-order chi connectivity index (χ1) is 10.9. The van der Waals surface area contributed by atoms with Gasteiger partial charge in [0, 0.05) is 6.20 Å². The van der Waals surface area contributed by atoms with E-state index in [4.69, 9.17) is 14.7 Å². The summed E-state index contributed by atoms with van der Waals surface area (Å²) in [5.74, 6) is -3.41. The maximum atomic E-state index is 13.9. The molecule has 1 aliphatic heterocycles. The van der Waals surface area contributed by atoms with E-state index in [9.17, 15) is 33.6 Å². The first-order valence-corrected chi connectivity index (χ1v) is 8.12. The monoisotopic (exact) mass is 416 g/mol. The van der Waals surface area contributed by atoms with Crippen LogP contribution in [0.2, 0.25) is 0 Å². The number of hydrogen-bond acceptors (Lipinski definition) is 9. The number of nitrogens with zero attached hydrogens (tertiary/aromatic N) is 2. The predicted molar refractivity (Wildman–Crippen MR) is 67.3 cm³/mol. The Labute approximate surface area is 190 Å². The molecule has 2 heterocycles. The molecule has 1 aliphatic rings. The molecule has 2 rings (SSSR count). The summed E-state index contributed by atoms with van der Waals surface area (Å²) in [6.45, 7) is 0.149. The minimum Gasteiger partial charge on any atom is -0.858 e. The molecule has 0 saturated carbocycles. The van der Waals surface area contributed by atoms with Gasteiger partial charge in [0.2, 0.25) is 0 Å². The Kier molecular flexibility index (Phi) is 9.75. The van der Waals surface area contributed by atoms with Crippen LogP contribution in [-0.2, 0) is 4.74 Å². The summed E-state index contributed by atoms with van der Waals surface area (Å²) in [6.07, 6.45) is -5.11. The number of rotatable bonds is 4. The number of halogens is 2. The predicted octanol–water partition coefficient (Wildman–Crippen LogP) is -9.43. The molecule has 1 saturated heterocycles. The minimum atomic E-state index is -6.24. The van der Waals surface area contributed by atoms with Gasteiger partial charge in [-0.15, -0.1) is 0 Å². The second-order valence-electron chi connectivity index (χ2n) is 5.29. The van der Waals surface area contributed by atoms with Crippen LogP contribution in [0.4, 0.5) is 8.78 Å². The van der Waals surface area contributed by atoms with Crippen LogP contribution in [0.1, 0.15) is 11.8 Å². The molecule has 0 bridgehead atoms. The topological polar surface area (TPSA) is 174 Å². The van der Waals surface area contributed by atoms with E-state index in [1.54, 1.807) is 0 Å². The Morgan fingerprint density at radius 1 is 1.42 bits per heavy atom. The van der Waals surface area contributed by atoms with Gasteiger partial charge in [-0.2, -0.15) is 8.78 Å². The summed E-state index contributed by atoms with van der Waals surface area (Å²) >= 11 is 0. The van der Waals surface area contributed by atoms with Gasteiger partial charge < -0.3 is 29.8 Å². The maximum absolute atomic E-state index is 13.9. The fourth-order valence-corrected chi connectivity index (χ4v) is 3.18. The molecule has 15 heteroatoms. The SMILES string of the molecule is Cc1cn([C@@H]2O[C@H](CO)[C@@H](C(F)(F)[P+]([O-])([O-])O)[C@H]2O)c(=O)nc1[O-].[Na+].[Na+]. The third-order valence-electron chi connectivity index (χ3n) is 3.69. The molecule has 0 radical (unpaired) electrons. The molecule has 1 fully saturated rings. The molecule has 0 aliphatic carbocycles. The summed E-state index contributed by atoms with van der Waals surface area (Å²) < 4.78 is 33.3.